The number of aromatic nitrogens is 1. The third-order valence-corrected chi connectivity index (χ3v) is 7.71. The zero-order valence-electron chi connectivity index (χ0n) is 19.5. The van der Waals surface area contributed by atoms with E-state index in [9.17, 15) is 10.1 Å². The zero-order chi connectivity index (χ0) is 23.2. The summed E-state index contributed by atoms with van der Waals surface area (Å²) in [6, 6.07) is 12.7. The van der Waals surface area contributed by atoms with Gasteiger partial charge in [-0.25, -0.2) is 4.98 Å². The Morgan fingerprint density at radius 2 is 1.88 bits per heavy atom. The summed E-state index contributed by atoms with van der Waals surface area (Å²) in [7, 11) is 2.20. The van der Waals surface area contributed by atoms with Gasteiger partial charge >= 0.3 is 0 Å². The molecule has 0 bridgehead atoms. The van der Waals surface area contributed by atoms with Gasteiger partial charge in [-0.15, -0.1) is 0 Å². The maximum Gasteiger partial charge on any atom is 0.259 e. The molecule has 0 N–H and O–H groups in total. The van der Waals surface area contributed by atoms with Crippen molar-refractivity contribution in [1.82, 2.24) is 9.88 Å². The van der Waals surface area contributed by atoms with Crippen molar-refractivity contribution >= 4 is 17.3 Å². The van der Waals surface area contributed by atoms with Crippen molar-refractivity contribution in [2.75, 3.05) is 29.9 Å². The quantitative estimate of drug-likeness (QED) is 0.704. The topological polar surface area (TPSA) is 63.5 Å². The number of nitriles is 1. The number of rotatable bonds is 4. The van der Waals surface area contributed by atoms with E-state index in [2.05, 4.69) is 58.7 Å². The van der Waals surface area contributed by atoms with E-state index in [1.807, 2.05) is 13.0 Å². The number of benzene rings is 1. The number of pyridine rings is 1. The number of piperidine rings is 1. The SMILES string of the molecule is C=C1N(c2cnc(C#N)c(C)c2)C(=O)C2(CCC2)N1c1ccc(CC2CCN(C)CC2)cc1. The van der Waals surface area contributed by atoms with Crippen LogP contribution in [0.25, 0.3) is 0 Å². The van der Waals surface area contributed by atoms with Crippen LogP contribution in [0.3, 0.4) is 0 Å². The monoisotopic (exact) mass is 441 g/mol. The highest BCUT2D eigenvalue weighted by Crippen LogP contribution is 2.50. The number of likely N-dealkylation sites (tertiary alicyclic amines) is 1. The van der Waals surface area contributed by atoms with E-state index < -0.39 is 5.54 Å². The molecule has 0 unspecified atom stereocenters. The van der Waals surface area contributed by atoms with E-state index in [4.69, 9.17) is 0 Å². The minimum absolute atomic E-state index is 0.0556. The minimum Gasteiger partial charge on any atom is -0.313 e. The van der Waals surface area contributed by atoms with Crippen molar-refractivity contribution in [2.24, 2.45) is 5.92 Å². The molecular weight excluding hydrogens is 410 g/mol. The molecule has 2 aliphatic heterocycles. The van der Waals surface area contributed by atoms with Gasteiger partial charge in [0.05, 0.1) is 11.9 Å². The summed E-state index contributed by atoms with van der Waals surface area (Å²) in [5.74, 6) is 1.46. The standard InChI is InChI=1S/C27H31N5O/c1-19-15-24(18-29-25(19)17-28)31-20(2)32(27(26(31)33)11-4-12-27)23-7-5-21(6-8-23)16-22-9-13-30(3)14-10-22/h5-8,15,18,22H,2,4,9-14,16H2,1,3H3. The molecule has 1 aliphatic carbocycles. The molecule has 3 aliphatic rings. The largest absolute Gasteiger partial charge is 0.313 e. The molecule has 3 heterocycles. The predicted octanol–water partition coefficient (Wildman–Crippen LogP) is 4.39. The first-order valence-corrected chi connectivity index (χ1v) is 11.9. The first kappa shape index (κ1) is 21.7. The number of amides is 1. The molecule has 1 spiro atoms. The summed E-state index contributed by atoms with van der Waals surface area (Å²) in [6.07, 6.45) is 7.90. The molecule has 3 fully saturated rings. The Bertz CT molecular complexity index is 1120. The molecule has 2 aromatic rings. The van der Waals surface area contributed by atoms with Crippen LogP contribution in [0, 0.1) is 24.2 Å². The van der Waals surface area contributed by atoms with Crippen LogP contribution in [0.1, 0.15) is 48.9 Å². The van der Waals surface area contributed by atoms with Crippen molar-refractivity contribution < 1.29 is 4.79 Å². The van der Waals surface area contributed by atoms with E-state index >= 15 is 0 Å². The first-order valence-electron chi connectivity index (χ1n) is 11.9. The maximum absolute atomic E-state index is 13.7. The van der Waals surface area contributed by atoms with Crippen molar-refractivity contribution in [1.29, 1.82) is 5.26 Å². The lowest BCUT2D eigenvalue weighted by molar-refractivity contribution is -0.123. The van der Waals surface area contributed by atoms with Gasteiger partial charge in [0.25, 0.3) is 5.91 Å². The first-order chi connectivity index (χ1) is 15.9. The number of anilines is 2. The van der Waals surface area contributed by atoms with Crippen molar-refractivity contribution in [3.05, 3.63) is 65.7 Å². The zero-order valence-corrected chi connectivity index (χ0v) is 19.5. The van der Waals surface area contributed by atoms with Crippen LogP contribution in [0.15, 0.2) is 48.9 Å². The van der Waals surface area contributed by atoms with Crippen LogP contribution >= 0.6 is 0 Å². The van der Waals surface area contributed by atoms with Crippen LogP contribution in [-0.2, 0) is 11.2 Å². The van der Waals surface area contributed by atoms with Gasteiger partial charge in [-0.05, 0) is 101 Å². The van der Waals surface area contributed by atoms with Gasteiger partial charge in [-0.3, -0.25) is 9.69 Å². The second kappa shape index (κ2) is 8.31. The maximum atomic E-state index is 13.7. The van der Waals surface area contributed by atoms with Crippen LogP contribution in [0.4, 0.5) is 11.4 Å². The van der Waals surface area contributed by atoms with Gasteiger partial charge < -0.3 is 9.80 Å². The average Bonchev–Trinajstić information content (AvgIpc) is 3.02. The van der Waals surface area contributed by atoms with Crippen molar-refractivity contribution in [3.8, 4) is 6.07 Å². The highest BCUT2D eigenvalue weighted by molar-refractivity contribution is 6.10. The van der Waals surface area contributed by atoms with Gasteiger partial charge in [-0.1, -0.05) is 18.7 Å². The predicted molar refractivity (Wildman–Crippen MR) is 130 cm³/mol. The molecule has 1 amide bonds. The summed E-state index contributed by atoms with van der Waals surface area (Å²) in [4.78, 5) is 24.1. The highest BCUT2D eigenvalue weighted by atomic mass is 16.2. The number of hydrogen-bond donors (Lipinski definition) is 0. The summed E-state index contributed by atoms with van der Waals surface area (Å²) in [6.45, 7) is 8.53. The molecule has 1 aromatic heterocycles. The highest BCUT2D eigenvalue weighted by Gasteiger charge is 2.58. The molecule has 33 heavy (non-hydrogen) atoms. The van der Waals surface area contributed by atoms with Gasteiger partial charge in [0.1, 0.15) is 23.1 Å². The Morgan fingerprint density at radius 3 is 2.45 bits per heavy atom. The fraction of sp³-hybridized carbons (Fsp3) is 0.444. The summed E-state index contributed by atoms with van der Waals surface area (Å²) >= 11 is 0. The molecule has 6 nitrogen and oxygen atoms in total. The number of hydrogen-bond acceptors (Lipinski definition) is 5. The van der Waals surface area contributed by atoms with E-state index in [1.54, 1.807) is 11.1 Å². The van der Waals surface area contributed by atoms with E-state index in [0.717, 1.165) is 42.9 Å². The summed E-state index contributed by atoms with van der Waals surface area (Å²) in [5, 5.41) is 9.22. The summed E-state index contributed by atoms with van der Waals surface area (Å²) in [5.41, 5.74) is 3.63. The lowest BCUT2D eigenvalue weighted by Crippen LogP contribution is -2.54. The van der Waals surface area contributed by atoms with Crippen LogP contribution in [0.2, 0.25) is 0 Å². The minimum atomic E-state index is -0.561. The number of carbonyl (C=O) groups is 1. The lowest BCUT2D eigenvalue weighted by Gasteiger charge is -2.43. The van der Waals surface area contributed by atoms with Gasteiger partial charge in [0, 0.05) is 5.69 Å². The average molecular weight is 442 g/mol. The molecule has 5 rings (SSSR count). The number of aryl methyl sites for hydroxylation is 1. The van der Waals surface area contributed by atoms with E-state index in [-0.39, 0.29) is 5.91 Å². The molecule has 1 saturated carbocycles. The second-order valence-electron chi connectivity index (χ2n) is 9.87. The van der Waals surface area contributed by atoms with Gasteiger partial charge in [0.15, 0.2) is 0 Å². The molecule has 170 valence electrons. The van der Waals surface area contributed by atoms with Gasteiger partial charge in [0.2, 0.25) is 0 Å². The Kier molecular flexibility index (Phi) is 5.46. The Morgan fingerprint density at radius 1 is 1.18 bits per heavy atom. The van der Waals surface area contributed by atoms with Crippen LogP contribution in [0.5, 0.6) is 0 Å². The normalized spacial score (nSPS) is 20.9. The number of carbonyl (C=O) groups excluding carboxylic acids is 1. The van der Waals surface area contributed by atoms with E-state index in [1.165, 1.54) is 31.5 Å². The van der Waals surface area contributed by atoms with E-state index in [0.29, 0.717) is 17.2 Å². The van der Waals surface area contributed by atoms with Crippen LogP contribution < -0.4 is 9.80 Å². The molecule has 1 aromatic carbocycles. The molecule has 0 atom stereocenters. The smallest absolute Gasteiger partial charge is 0.259 e. The molecular formula is C27H31N5O. The second-order valence-corrected chi connectivity index (χ2v) is 9.87. The fourth-order valence-corrected chi connectivity index (χ4v) is 5.56. The molecule has 2 saturated heterocycles. The number of nitrogens with zero attached hydrogens (tertiary/aromatic N) is 5. The fourth-order valence-electron chi connectivity index (χ4n) is 5.56. The Balaban J connectivity index is 1.40. The summed E-state index contributed by atoms with van der Waals surface area (Å²) < 4.78 is 0. The Labute approximate surface area is 196 Å². The van der Waals surface area contributed by atoms with Crippen molar-refractivity contribution in [3.63, 3.8) is 0 Å². The van der Waals surface area contributed by atoms with Crippen LogP contribution in [-0.4, -0.2) is 41.5 Å². The van der Waals surface area contributed by atoms with Gasteiger partial charge in [-0.2, -0.15) is 5.26 Å². The Hall–Kier alpha value is -3.17. The lowest BCUT2D eigenvalue weighted by atomic mass is 9.75. The van der Waals surface area contributed by atoms with Crippen molar-refractivity contribution in [2.45, 2.75) is 51.0 Å². The third kappa shape index (κ3) is 3.61. The third-order valence-electron chi connectivity index (χ3n) is 7.71. The molecule has 6 heteroatoms. The molecule has 0 radical (unpaired) electrons.